The van der Waals surface area contributed by atoms with E-state index in [2.05, 4.69) is 26.6 Å². The number of nitrogens with zero attached hydrogens (tertiary/aromatic N) is 1. The number of hydrogen-bond donors (Lipinski definition) is 2. The van der Waals surface area contributed by atoms with Crippen LogP contribution in [-0.2, 0) is 20.9 Å². The van der Waals surface area contributed by atoms with E-state index in [0.29, 0.717) is 18.8 Å². The Balaban J connectivity index is 1.48. The second-order valence-corrected chi connectivity index (χ2v) is 7.26. The second kappa shape index (κ2) is 8.81. The van der Waals surface area contributed by atoms with Crippen LogP contribution in [0.5, 0.6) is 0 Å². The van der Waals surface area contributed by atoms with E-state index in [1.807, 2.05) is 48.5 Å². The highest BCUT2D eigenvalue weighted by Gasteiger charge is 2.34. The van der Waals surface area contributed by atoms with E-state index in [9.17, 15) is 14.4 Å². The molecule has 1 fully saturated rings. The average Bonchev–Trinajstić information content (AvgIpc) is 3.03. The van der Waals surface area contributed by atoms with E-state index in [4.69, 9.17) is 0 Å². The van der Waals surface area contributed by atoms with E-state index >= 15 is 0 Å². The fraction of sp³-hybridized carbons (Fsp3) is 0.250. The lowest BCUT2D eigenvalue weighted by Gasteiger charge is -2.16. The molecule has 140 valence electrons. The minimum absolute atomic E-state index is 0.0447. The maximum absolute atomic E-state index is 12.3. The molecule has 1 saturated heterocycles. The first-order valence-corrected chi connectivity index (χ1v) is 9.46. The third kappa shape index (κ3) is 5.17. The Morgan fingerprint density at radius 1 is 1.07 bits per heavy atom. The topological polar surface area (TPSA) is 78.5 Å². The van der Waals surface area contributed by atoms with Crippen LogP contribution in [-0.4, -0.2) is 35.7 Å². The summed E-state index contributed by atoms with van der Waals surface area (Å²) in [4.78, 5) is 38.2. The Morgan fingerprint density at radius 2 is 1.78 bits per heavy atom. The summed E-state index contributed by atoms with van der Waals surface area (Å²) in [5.74, 6) is -1.07. The standard InChI is InChI=1S/C20H20BrN3O3/c21-16-8-4-5-9-17(16)23-18(25)11-22-20(27)15-10-19(26)24(13-15)12-14-6-2-1-3-7-14/h1-9,15H,10-13H2,(H,22,27)(H,23,25)/t15-/m1/s1. The summed E-state index contributed by atoms with van der Waals surface area (Å²) < 4.78 is 0.766. The van der Waals surface area contributed by atoms with Gasteiger partial charge in [0.1, 0.15) is 0 Å². The summed E-state index contributed by atoms with van der Waals surface area (Å²) >= 11 is 3.35. The molecule has 1 atom stereocenters. The van der Waals surface area contributed by atoms with Gasteiger partial charge in [0.05, 0.1) is 18.2 Å². The molecule has 0 aromatic heterocycles. The van der Waals surface area contributed by atoms with Crippen molar-refractivity contribution in [3.8, 4) is 0 Å². The van der Waals surface area contributed by atoms with Crippen molar-refractivity contribution < 1.29 is 14.4 Å². The zero-order valence-electron chi connectivity index (χ0n) is 14.7. The van der Waals surface area contributed by atoms with Crippen molar-refractivity contribution in [2.45, 2.75) is 13.0 Å². The first-order valence-electron chi connectivity index (χ1n) is 8.66. The largest absolute Gasteiger partial charge is 0.347 e. The molecule has 0 aliphatic carbocycles. The Labute approximate surface area is 166 Å². The van der Waals surface area contributed by atoms with Gasteiger partial charge in [-0.3, -0.25) is 14.4 Å². The molecule has 3 rings (SSSR count). The monoisotopic (exact) mass is 429 g/mol. The fourth-order valence-corrected chi connectivity index (χ4v) is 3.36. The van der Waals surface area contributed by atoms with Crippen LogP contribution in [0.15, 0.2) is 59.1 Å². The van der Waals surface area contributed by atoms with Gasteiger partial charge in [-0.2, -0.15) is 0 Å². The van der Waals surface area contributed by atoms with Gasteiger partial charge in [-0.15, -0.1) is 0 Å². The van der Waals surface area contributed by atoms with Gasteiger partial charge in [0.2, 0.25) is 17.7 Å². The molecule has 0 spiro atoms. The Hall–Kier alpha value is -2.67. The molecule has 2 N–H and O–H groups in total. The predicted molar refractivity (Wildman–Crippen MR) is 106 cm³/mol. The molecule has 27 heavy (non-hydrogen) atoms. The summed E-state index contributed by atoms with van der Waals surface area (Å²) in [6.45, 7) is 0.723. The molecule has 0 bridgehead atoms. The maximum Gasteiger partial charge on any atom is 0.243 e. The van der Waals surface area contributed by atoms with Crippen LogP contribution in [0.2, 0.25) is 0 Å². The summed E-state index contributed by atoms with van der Waals surface area (Å²) in [5, 5.41) is 5.35. The SMILES string of the molecule is O=C(CNC(=O)[C@@H]1CC(=O)N(Cc2ccccc2)C1)Nc1ccccc1Br. The Kier molecular flexibility index (Phi) is 6.24. The normalized spacial score (nSPS) is 16.3. The van der Waals surface area contributed by atoms with Crippen molar-refractivity contribution in [2.24, 2.45) is 5.92 Å². The first kappa shape index (κ1) is 19.1. The number of amides is 3. The van der Waals surface area contributed by atoms with E-state index in [1.54, 1.807) is 11.0 Å². The number of anilines is 1. The van der Waals surface area contributed by atoms with Gasteiger partial charge in [0.25, 0.3) is 0 Å². The first-order chi connectivity index (χ1) is 13.0. The summed E-state index contributed by atoms with van der Waals surface area (Å²) in [7, 11) is 0. The zero-order chi connectivity index (χ0) is 19.2. The minimum atomic E-state index is -0.433. The van der Waals surface area contributed by atoms with Crippen molar-refractivity contribution in [3.05, 3.63) is 64.6 Å². The number of nitrogens with one attached hydrogen (secondary N) is 2. The molecule has 0 radical (unpaired) electrons. The fourth-order valence-electron chi connectivity index (χ4n) is 2.97. The Bertz CT molecular complexity index is 841. The lowest BCUT2D eigenvalue weighted by atomic mass is 10.1. The lowest BCUT2D eigenvalue weighted by Crippen LogP contribution is -2.37. The molecule has 3 amide bonds. The quantitative estimate of drug-likeness (QED) is 0.740. The molecule has 0 unspecified atom stereocenters. The van der Waals surface area contributed by atoms with Gasteiger partial charge in [0.15, 0.2) is 0 Å². The molecule has 7 heteroatoms. The van der Waals surface area contributed by atoms with E-state index < -0.39 is 5.92 Å². The van der Waals surface area contributed by atoms with Gasteiger partial charge >= 0.3 is 0 Å². The van der Waals surface area contributed by atoms with Gasteiger partial charge in [-0.1, -0.05) is 42.5 Å². The summed E-state index contributed by atoms with van der Waals surface area (Å²) in [5.41, 5.74) is 1.67. The predicted octanol–water partition coefficient (Wildman–Crippen LogP) is 2.55. The minimum Gasteiger partial charge on any atom is -0.347 e. The van der Waals surface area contributed by atoms with Crippen LogP contribution in [0.25, 0.3) is 0 Å². The second-order valence-electron chi connectivity index (χ2n) is 6.41. The molecular weight excluding hydrogens is 410 g/mol. The molecular formula is C20H20BrN3O3. The molecule has 2 aromatic rings. The summed E-state index contributed by atoms with van der Waals surface area (Å²) in [6.07, 6.45) is 0.171. The van der Waals surface area contributed by atoms with Crippen LogP contribution in [0.3, 0.4) is 0 Å². The molecule has 6 nitrogen and oxygen atoms in total. The smallest absolute Gasteiger partial charge is 0.243 e. The third-order valence-corrected chi connectivity index (χ3v) is 5.06. The van der Waals surface area contributed by atoms with Gasteiger partial charge in [-0.25, -0.2) is 0 Å². The zero-order valence-corrected chi connectivity index (χ0v) is 16.2. The van der Waals surface area contributed by atoms with Crippen LogP contribution < -0.4 is 10.6 Å². The lowest BCUT2D eigenvalue weighted by molar-refractivity contribution is -0.129. The van der Waals surface area contributed by atoms with Crippen LogP contribution >= 0.6 is 15.9 Å². The number of likely N-dealkylation sites (tertiary alicyclic amines) is 1. The van der Waals surface area contributed by atoms with Crippen molar-refractivity contribution in [2.75, 3.05) is 18.4 Å². The van der Waals surface area contributed by atoms with Crippen molar-refractivity contribution in [3.63, 3.8) is 0 Å². The highest BCUT2D eigenvalue weighted by atomic mass is 79.9. The van der Waals surface area contributed by atoms with Gasteiger partial charge in [-0.05, 0) is 33.6 Å². The number of hydrogen-bond acceptors (Lipinski definition) is 3. The Morgan fingerprint density at radius 3 is 2.52 bits per heavy atom. The number of carbonyl (C=O) groups excluding carboxylic acids is 3. The highest BCUT2D eigenvalue weighted by molar-refractivity contribution is 9.10. The average molecular weight is 430 g/mol. The van der Waals surface area contributed by atoms with Crippen LogP contribution in [0.4, 0.5) is 5.69 Å². The third-order valence-electron chi connectivity index (χ3n) is 4.37. The number of rotatable bonds is 6. The van der Waals surface area contributed by atoms with Crippen LogP contribution in [0.1, 0.15) is 12.0 Å². The number of benzene rings is 2. The van der Waals surface area contributed by atoms with Crippen molar-refractivity contribution in [1.82, 2.24) is 10.2 Å². The number of halogens is 1. The summed E-state index contributed by atoms with van der Waals surface area (Å²) in [6, 6.07) is 16.9. The molecule has 1 heterocycles. The highest BCUT2D eigenvalue weighted by Crippen LogP contribution is 2.21. The number of para-hydroxylation sites is 1. The molecule has 1 aliphatic rings. The molecule has 2 aromatic carbocycles. The van der Waals surface area contributed by atoms with E-state index in [0.717, 1.165) is 10.0 Å². The van der Waals surface area contributed by atoms with Crippen molar-refractivity contribution in [1.29, 1.82) is 0 Å². The van der Waals surface area contributed by atoms with Crippen LogP contribution in [0, 0.1) is 5.92 Å². The van der Waals surface area contributed by atoms with Gasteiger partial charge < -0.3 is 15.5 Å². The van der Waals surface area contributed by atoms with E-state index in [1.165, 1.54) is 0 Å². The van der Waals surface area contributed by atoms with Gasteiger partial charge in [0, 0.05) is 24.0 Å². The molecule has 0 saturated carbocycles. The molecule has 1 aliphatic heterocycles. The van der Waals surface area contributed by atoms with E-state index in [-0.39, 0.29) is 30.7 Å². The number of carbonyl (C=O) groups is 3. The van der Waals surface area contributed by atoms with Crippen molar-refractivity contribution >= 4 is 39.3 Å². The maximum atomic E-state index is 12.3.